The molecule has 54 valence electrons. The maximum absolute atomic E-state index is 11.6. The first-order valence-corrected chi connectivity index (χ1v) is 2.37. The molecule has 3 nitrogen and oxygen atoms in total. The molecule has 0 aliphatic rings. The van der Waals surface area contributed by atoms with Crippen LogP contribution >= 0.6 is 0 Å². The van der Waals surface area contributed by atoms with Crippen LogP contribution in [0.3, 0.4) is 0 Å². The Kier molecular flexibility index (Phi) is 3.08. The monoisotopic (exact) mass is 137 g/mol. The van der Waals surface area contributed by atoms with Crippen molar-refractivity contribution in [2.24, 2.45) is 0 Å². The van der Waals surface area contributed by atoms with Gasteiger partial charge in [-0.3, -0.25) is 10.4 Å². The lowest BCUT2D eigenvalue weighted by molar-refractivity contribution is 0.196. The van der Waals surface area contributed by atoms with Crippen molar-refractivity contribution in [3.8, 4) is 0 Å². The largest absolute Gasteiger partial charge is 0.295 e. The van der Waals surface area contributed by atoms with Crippen molar-refractivity contribution in [3.05, 3.63) is 0 Å². The molecule has 0 heterocycles. The van der Waals surface area contributed by atoms with Gasteiger partial charge in [-0.15, -0.1) is 0 Å². The minimum atomic E-state index is -2.71. The Hall–Kier alpha value is -0.710. The van der Waals surface area contributed by atoms with Crippen LogP contribution in [-0.4, -0.2) is 31.4 Å². The Bertz CT molecular complexity index is 104. The van der Waals surface area contributed by atoms with E-state index in [1.165, 1.54) is 14.1 Å². The van der Waals surface area contributed by atoms with Crippen LogP contribution in [0.1, 0.15) is 0 Å². The van der Waals surface area contributed by atoms with Crippen molar-refractivity contribution in [2.75, 3.05) is 14.1 Å². The van der Waals surface area contributed by atoms with Gasteiger partial charge in [0.2, 0.25) is 0 Å². The van der Waals surface area contributed by atoms with Crippen molar-refractivity contribution in [1.29, 1.82) is 5.41 Å². The molecule has 0 radical (unpaired) electrons. The molecule has 0 atom stereocenters. The third kappa shape index (κ3) is 2.36. The fourth-order valence-electron chi connectivity index (χ4n) is 0.267. The summed E-state index contributed by atoms with van der Waals surface area (Å²) >= 11 is 0. The van der Waals surface area contributed by atoms with Crippen LogP contribution in [0.25, 0.3) is 0 Å². The van der Waals surface area contributed by atoms with Crippen LogP contribution in [-0.2, 0) is 0 Å². The highest BCUT2D eigenvalue weighted by atomic mass is 19.3. The zero-order chi connectivity index (χ0) is 7.44. The standard InChI is InChI=1S/C4H9F2N3/c1-8-9(2)4(7)3(5)6/h3,7-8H,1-2H3. The maximum atomic E-state index is 11.6. The fourth-order valence-corrected chi connectivity index (χ4v) is 0.267. The molecule has 5 heteroatoms. The molecule has 0 rings (SSSR count). The van der Waals surface area contributed by atoms with Gasteiger partial charge in [-0.25, -0.2) is 14.2 Å². The maximum Gasteiger partial charge on any atom is 0.295 e. The zero-order valence-corrected chi connectivity index (χ0v) is 5.28. The first kappa shape index (κ1) is 8.29. The lowest BCUT2D eigenvalue weighted by Gasteiger charge is -2.16. The van der Waals surface area contributed by atoms with Gasteiger partial charge >= 0.3 is 0 Å². The third-order valence-electron chi connectivity index (χ3n) is 0.903. The summed E-state index contributed by atoms with van der Waals surface area (Å²) in [7, 11) is 2.82. The van der Waals surface area contributed by atoms with Crippen molar-refractivity contribution < 1.29 is 8.78 Å². The molecule has 2 N–H and O–H groups in total. The average Bonchev–Trinajstić information content (AvgIpc) is 1.84. The van der Waals surface area contributed by atoms with E-state index < -0.39 is 12.3 Å². The van der Waals surface area contributed by atoms with Gasteiger partial charge < -0.3 is 0 Å². The van der Waals surface area contributed by atoms with Crippen LogP contribution in [0.15, 0.2) is 0 Å². The Balaban J connectivity index is 3.73. The van der Waals surface area contributed by atoms with Crippen molar-refractivity contribution in [1.82, 2.24) is 10.4 Å². The molecule has 0 saturated heterocycles. The van der Waals surface area contributed by atoms with Gasteiger partial charge in [-0.05, 0) is 0 Å². The highest BCUT2D eigenvalue weighted by Gasteiger charge is 2.13. The van der Waals surface area contributed by atoms with E-state index in [1.54, 1.807) is 0 Å². The smallest absolute Gasteiger partial charge is 0.295 e. The fraction of sp³-hybridized carbons (Fsp3) is 0.750. The second-order valence-corrected chi connectivity index (χ2v) is 1.47. The minimum Gasteiger partial charge on any atom is -0.295 e. The molecular weight excluding hydrogens is 128 g/mol. The van der Waals surface area contributed by atoms with Gasteiger partial charge in [0.15, 0.2) is 5.84 Å². The first-order valence-electron chi connectivity index (χ1n) is 2.37. The molecule has 0 aliphatic carbocycles. The molecule has 0 bridgehead atoms. The quantitative estimate of drug-likeness (QED) is 0.326. The van der Waals surface area contributed by atoms with Crippen LogP contribution in [0.4, 0.5) is 8.78 Å². The number of nitrogens with one attached hydrogen (secondary N) is 2. The summed E-state index contributed by atoms with van der Waals surface area (Å²) in [6, 6.07) is 0. The topological polar surface area (TPSA) is 39.1 Å². The summed E-state index contributed by atoms with van der Waals surface area (Å²) in [5, 5.41) is 7.61. The molecule has 0 aromatic heterocycles. The van der Waals surface area contributed by atoms with E-state index in [2.05, 4.69) is 5.43 Å². The first-order chi connectivity index (χ1) is 4.09. The predicted octanol–water partition coefficient (Wildman–Crippen LogP) is 0.295. The van der Waals surface area contributed by atoms with E-state index >= 15 is 0 Å². The molecule has 0 spiro atoms. The summed E-state index contributed by atoms with van der Waals surface area (Å²) < 4.78 is 23.1. The second-order valence-electron chi connectivity index (χ2n) is 1.47. The van der Waals surface area contributed by atoms with E-state index in [4.69, 9.17) is 5.41 Å². The zero-order valence-electron chi connectivity index (χ0n) is 5.28. The van der Waals surface area contributed by atoms with E-state index in [1.807, 2.05) is 0 Å². The number of halogens is 2. The lowest BCUT2D eigenvalue weighted by Crippen LogP contribution is -2.39. The van der Waals surface area contributed by atoms with Crippen molar-refractivity contribution in [2.45, 2.75) is 6.43 Å². The van der Waals surface area contributed by atoms with E-state index in [0.717, 1.165) is 5.01 Å². The van der Waals surface area contributed by atoms with Crippen LogP contribution in [0.5, 0.6) is 0 Å². The number of hydrazine groups is 1. The predicted molar refractivity (Wildman–Crippen MR) is 30.6 cm³/mol. The number of nitrogens with zero attached hydrogens (tertiary/aromatic N) is 1. The van der Waals surface area contributed by atoms with Crippen molar-refractivity contribution >= 4 is 5.84 Å². The number of rotatable bonds is 2. The van der Waals surface area contributed by atoms with Crippen LogP contribution in [0, 0.1) is 5.41 Å². The number of alkyl halides is 2. The van der Waals surface area contributed by atoms with E-state index in [0.29, 0.717) is 0 Å². The Morgan fingerprint density at radius 1 is 1.67 bits per heavy atom. The SMILES string of the molecule is CNN(C)C(=N)C(F)F. The Morgan fingerprint density at radius 2 is 2.11 bits per heavy atom. The Labute approximate surface area is 52.1 Å². The summed E-state index contributed by atoms with van der Waals surface area (Å²) in [6.45, 7) is 0. The van der Waals surface area contributed by atoms with Gasteiger partial charge in [-0.1, -0.05) is 0 Å². The third-order valence-corrected chi connectivity index (χ3v) is 0.903. The normalized spacial score (nSPS) is 9.89. The van der Waals surface area contributed by atoms with Gasteiger partial charge in [0.25, 0.3) is 6.43 Å². The highest BCUT2D eigenvalue weighted by Crippen LogP contribution is 1.95. The molecule has 0 fully saturated rings. The molecular formula is C4H9F2N3. The van der Waals surface area contributed by atoms with Gasteiger partial charge in [-0.2, -0.15) is 0 Å². The summed E-state index contributed by atoms with van der Waals surface area (Å²) in [6.07, 6.45) is -2.71. The molecule has 0 unspecified atom stereocenters. The number of hydrogen-bond acceptors (Lipinski definition) is 2. The van der Waals surface area contributed by atoms with E-state index in [9.17, 15) is 8.78 Å². The molecule has 0 aliphatic heterocycles. The summed E-state index contributed by atoms with van der Waals surface area (Å²) in [5.74, 6) is -0.725. The van der Waals surface area contributed by atoms with Gasteiger partial charge in [0.05, 0.1) is 0 Å². The second kappa shape index (κ2) is 3.34. The molecule has 0 saturated carbocycles. The van der Waals surface area contributed by atoms with Crippen LogP contribution < -0.4 is 5.43 Å². The molecule has 0 aromatic rings. The molecule has 0 amide bonds. The number of amidine groups is 1. The Morgan fingerprint density at radius 3 is 2.22 bits per heavy atom. The molecule has 0 aromatic carbocycles. The average molecular weight is 137 g/mol. The minimum absolute atomic E-state index is 0.725. The van der Waals surface area contributed by atoms with Gasteiger partial charge in [0, 0.05) is 14.1 Å². The highest BCUT2D eigenvalue weighted by molar-refractivity contribution is 5.81. The summed E-state index contributed by atoms with van der Waals surface area (Å²) in [4.78, 5) is 0. The lowest BCUT2D eigenvalue weighted by atomic mass is 10.6. The van der Waals surface area contributed by atoms with Crippen molar-refractivity contribution in [3.63, 3.8) is 0 Å². The van der Waals surface area contributed by atoms with Crippen LogP contribution in [0.2, 0.25) is 0 Å². The van der Waals surface area contributed by atoms with Gasteiger partial charge in [0.1, 0.15) is 0 Å². The van der Waals surface area contributed by atoms with E-state index in [-0.39, 0.29) is 0 Å². The number of hydrogen-bond donors (Lipinski definition) is 2. The molecule has 9 heavy (non-hydrogen) atoms. The summed E-state index contributed by atoms with van der Waals surface area (Å²) in [5.41, 5.74) is 2.37.